The van der Waals surface area contributed by atoms with Crippen LogP contribution in [0.5, 0.6) is 5.75 Å². The van der Waals surface area contributed by atoms with Crippen molar-refractivity contribution in [2.45, 2.75) is 51.6 Å². The molecule has 0 heterocycles. The van der Waals surface area contributed by atoms with E-state index in [1.807, 2.05) is 37.3 Å². The van der Waals surface area contributed by atoms with Crippen molar-refractivity contribution in [2.24, 2.45) is 5.92 Å². The first-order valence-corrected chi connectivity index (χ1v) is 9.19. The zero-order valence-corrected chi connectivity index (χ0v) is 14.5. The molecule has 0 spiro atoms. The maximum Gasteiger partial charge on any atom is 0.261 e. The molecule has 1 aliphatic rings. The fourth-order valence-corrected chi connectivity index (χ4v) is 3.48. The van der Waals surface area contributed by atoms with Gasteiger partial charge < -0.3 is 10.1 Å². The second-order valence-corrected chi connectivity index (χ2v) is 6.77. The van der Waals surface area contributed by atoms with E-state index in [0.717, 1.165) is 17.7 Å². The molecule has 0 saturated heterocycles. The van der Waals surface area contributed by atoms with Crippen molar-refractivity contribution in [3.63, 3.8) is 0 Å². The van der Waals surface area contributed by atoms with Gasteiger partial charge in [0.05, 0.1) is 0 Å². The van der Waals surface area contributed by atoms with Crippen molar-refractivity contribution >= 4 is 16.7 Å². The SMILES string of the molecule is CC[C@H](Oc1ccc2ccccc2c1)C(=O)NCC1CCCCC1. The summed E-state index contributed by atoms with van der Waals surface area (Å²) < 4.78 is 5.96. The Hall–Kier alpha value is -2.03. The van der Waals surface area contributed by atoms with Gasteiger partial charge in [0, 0.05) is 6.54 Å². The molecule has 0 aromatic heterocycles. The highest BCUT2D eigenvalue weighted by molar-refractivity contribution is 5.84. The second-order valence-electron chi connectivity index (χ2n) is 6.77. The molecule has 1 fully saturated rings. The summed E-state index contributed by atoms with van der Waals surface area (Å²) >= 11 is 0. The van der Waals surface area contributed by atoms with Crippen LogP contribution in [0.1, 0.15) is 45.4 Å². The number of ether oxygens (including phenoxy) is 1. The number of nitrogens with one attached hydrogen (secondary N) is 1. The fraction of sp³-hybridized carbons (Fsp3) is 0.476. The van der Waals surface area contributed by atoms with Crippen molar-refractivity contribution in [3.8, 4) is 5.75 Å². The third-order valence-electron chi connectivity index (χ3n) is 4.95. The molecule has 0 bridgehead atoms. The third kappa shape index (κ3) is 4.28. The average Bonchev–Trinajstić information content (AvgIpc) is 2.65. The van der Waals surface area contributed by atoms with E-state index in [2.05, 4.69) is 17.4 Å². The van der Waals surface area contributed by atoms with Crippen molar-refractivity contribution in [2.75, 3.05) is 6.54 Å². The monoisotopic (exact) mass is 325 g/mol. The zero-order chi connectivity index (χ0) is 16.8. The molecule has 1 saturated carbocycles. The van der Waals surface area contributed by atoms with Gasteiger partial charge in [-0.15, -0.1) is 0 Å². The van der Waals surface area contributed by atoms with Gasteiger partial charge in [-0.2, -0.15) is 0 Å². The smallest absolute Gasteiger partial charge is 0.261 e. The number of rotatable bonds is 6. The van der Waals surface area contributed by atoms with Gasteiger partial charge in [-0.05, 0) is 48.1 Å². The topological polar surface area (TPSA) is 38.3 Å². The van der Waals surface area contributed by atoms with Crippen LogP contribution in [0.4, 0.5) is 0 Å². The summed E-state index contributed by atoms with van der Waals surface area (Å²) in [6.07, 6.45) is 6.66. The van der Waals surface area contributed by atoms with E-state index in [9.17, 15) is 4.79 Å². The van der Waals surface area contributed by atoms with Gasteiger partial charge in [-0.25, -0.2) is 0 Å². The van der Waals surface area contributed by atoms with Gasteiger partial charge in [0.25, 0.3) is 5.91 Å². The number of carbonyl (C=O) groups excluding carboxylic acids is 1. The summed E-state index contributed by atoms with van der Waals surface area (Å²) in [6, 6.07) is 14.2. The number of fused-ring (bicyclic) bond motifs is 1. The van der Waals surface area contributed by atoms with Gasteiger partial charge in [0.15, 0.2) is 6.10 Å². The molecule has 1 amide bonds. The van der Waals surface area contributed by atoms with Crippen LogP contribution in [-0.2, 0) is 4.79 Å². The van der Waals surface area contributed by atoms with Crippen LogP contribution in [-0.4, -0.2) is 18.6 Å². The maximum absolute atomic E-state index is 12.4. The minimum atomic E-state index is -0.422. The van der Waals surface area contributed by atoms with E-state index in [0.29, 0.717) is 12.3 Å². The molecule has 1 N–H and O–H groups in total. The lowest BCUT2D eigenvalue weighted by Gasteiger charge is -2.23. The molecular formula is C21H27NO2. The lowest BCUT2D eigenvalue weighted by atomic mass is 9.89. The van der Waals surface area contributed by atoms with Crippen LogP contribution >= 0.6 is 0 Å². The standard InChI is InChI=1S/C21H27NO2/c1-2-20(21(23)22-15-16-8-4-3-5-9-16)24-19-13-12-17-10-6-7-11-18(17)14-19/h6-7,10-14,16,20H,2-5,8-9,15H2,1H3,(H,22,23)/t20-/m0/s1. The minimum absolute atomic E-state index is 0.0104. The summed E-state index contributed by atoms with van der Waals surface area (Å²) in [5, 5.41) is 5.41. The Kier molecular flexibility index (Phi) is 5.73. The molecule has 2 aromatic rings. The Morgan fingerprint density at radius 3 is 2.62 bits per heavy atom. The number of carbonyl (C=O) groups is 1. The van der Waals surface area contributed by atoms with Crippen molar-refractivity contribution in [3.05, 3.63) is 42.5 Å². The van der Waals surface area contributed by atoms with Crippen molar-refractivity contribution in [1.82, 2.24) is 5.32 Å². The van der Waals surface area contributed by atoms with Crippen LogP contribution in [0, 0.1) is 5.92 Å². The van der Waals surface area contributed by atoms with Crippen LogP contribution in [0.15, 0.2) is 42.5 Å². The second kappa shape index (κ2) is 8.18. The maximum atomic E-state index is 12.4. The molecule has 3 rings (SSSR count). The molecule has 3 heteroatoms. The molecule has 128 valence electrons. The minimum Gasteiger partial charge on any atom is -0.481 e. The van der Waals surface area contributed by atoms with Crippen LogP contribution < -0.4 is 10.1 Å². The number of amides is 1. The van der Waals surface area contributed by atoms with E-state index < -0.39 is 6.10 Å². The largest absolute Gasteiger partial charge is 0.481 e. The Morgan fingerprint density at radius 2 is 1.88 bits per heavy atom. The molecular weight excluding hydrogens is 298 g/mol. The normalized spacial score (nSPS) is 16.7. The molecule has 0 radical (unpaired) electrons. The molecule has 3 nitrogen and oxygen atoms in total. The first-order chi connectivity index (χ1) is 11.8. The number of benzene rings is 2. The quantitative estimate of drug-likeness (QED) is 0.836. The lowest BCUT2D eigenvalue weighted by molar-refractivity contribution is -0.128. The van der Waals surface area contributed by atoms with Crippen molar-refractivity contribution in [1.29, 1.82) is 0 Å². The van der Waals surface area contributed by atoms with Crippen LogP contribution in [0.2, 0.25) is 0 Å². The zero-order valence-electron chi connectivity index (χ0n) is 14.5. The molecule has 1 aliphatic carbocycles. The van der Waals surface area contributed by atoms with Gasteiger partial charge in [-0.1, -0.05) is 56.5 Å². The van der Waals surface area contributed by atoms with Gasteiger partial charge in [-0.3, -0.25) is 4.79 Å². The highest BCUT2D eigenvalue weighted by Crippen LogP contribution is 2.24. The van der Waals surface area contributed by atoms with Gasteiger partial charge in [0.2, 0.25) is 0 Å². The Balaban J connectivity index is 1.58. The summed E-state index contributed by atoms with van der Waals surface area (Å²) in [5.74, 6) is 1.41. The van der Waals surface area contributed by atoms with Gasteiger partial charge in [0.1, 0.15) is 5.75 Å². The summed E-state index contributed by atoms with van der Waals surface area (Å²) in [6.45, 7) is 2.78. The highest BCUT2D eigenvalue weighted by atomic mass is 16.5. The fourth-order valence-electron chi connectivity index (χ4n) is 3.48. The molecule has 0 unspecified atom stereocenters. The first-order valence-electron chi connectivity index (χ1n) is 9.19. The molecule has 2 aromatic carbocycles. The van der Waals surface area contributed by atoms with Crippen LogP contribution in [0.25, 0.3) is 10.8 Å². The Bertz CT molecular complexity index is 676. The number of hydrogen-bond acceptors (Lipinski definition) is 2. The Morgan fingerprint density at radius 1 is 1.12 bits per heavy atom. The molecule has 24 heavy (non-hydrogen) atoms. The average molecular weight is 325 g/mol. The third-order valence-corrected chi connectivity index (χ3v) is 4.95. The van der Waals surface area contributed by atoms with Gasteiger partial charge >= 0.3 is 0 Å². The predicted molar refractivity (Wildman–Crippen MR) is 98.2 cm³/mol. The van der Waals surface area contributed by atoms with E-state index in [4.69, 9.17) is 4.74 Å². The van der Waals surface area contributed by atoms with E-state index in [-0.39, 0.29) is 5.91 Å². The first kappa shape index (κ1) is 16.8. The predicted octanol–water partition coefficient (Wildman–Crippen LogP) is 4.69. The molecule has 0 aliphatic heterocycles. The summed E-state index contributed by atoms with van der Waals surface area (Å²) in [5.41, 5.74) is 0. The van der Waals surface area contributed by atoms with Crippen molar-refractivity contribution < 1.29 is 9.53 Å². The van der Waals surface area contributed by atoms with Crippen LogP contribution in [0.3, 0.4) is 0 Å². The molecule has 1 atom stereocenters. The summed E-state index contributed by atoms with van der Waals surface area (Å²) in [7, 11) is 0. The Labute approximate surface area is 144 Å². The van der Waals surface area contributed by atoms with E-state index >= 15 is 0 Å². The van der Waals surface area contributed by atoms with E-state index in [1.165, 1.54) is 37.5 Å². The lowest BCUT2D eigenvalue weighted by Crippen LogP contribution is -2.40. The number of hydrogen-bond donors (Lipinski definition) is 1. The highest BCUT2D eigenvalue weighted by Gasteiger charge is 2.20. The van der Waals surface area contributed by atoms with E-state index in [1.54, 1.807) is 0 Å². The summed E-state index contributed by atoms with van der Waals surface area (Å²) in [4.78, 5) is 12.4.